The van der Waals surface area contributed by atoms with Crippen LogP contribution in [0.4, 0.5) is 5.69 Å². The normalized spacial score (nSPS) is 14.1. The van der Waals surface area contributed by atoms with Crippen molar-refractivity contribution in [2.24, 2.45) is 0 Å². The second-order valence-electron chi connectivity index (χ2n) is 7.12. The molecule has 28 heavy (non-hydrogen) atoms. The van der Waals surface area contributed by atoms with E-state index in [9.17, 15) is 8.42 Å². The molecule has 0 fully saturated rings. The van der Waals surface area contributed by atoms with Crippen LogP contribution < -0.4 is 4.72 Å². The number of rotatable bonds is 6. The van der Waals surface area contributed by atoms with Crippen molar-refractivity contribution in [3.8, 4) is 5.82 Å². The van der Waals surface area contributed by atoms with Crippen molar-refractivity contribution in [3.63, 3.8) is 0 Å². The molecule has 148 valence electrons. The van der Waals surface area contributed by atoms with E-state index in [1.807, 2.05) is 13.0 Å². The van der Waals surface area contributed by atoms with Gasteiger partial charge in [-0.25, -0.2) is 8.42 Å². The van der Waals surface area contributed by atoms with Gasteiger partial charge in [-0.1, -0.05) is 13.0 Å². The first-order valence-corrected chi connectivity index (χ1v) is 11.0. The van der Waals surface area contributed by atoms with Gasteiger partial charge in [0.05, 0.1) is 10.6 Å². The first-order valence-electron chi connectivity index (χ1n) is 9.56. The van der Waals surface area contributed by atoms with E-state index >= 15 is 0 Å². The van der Waals surface area contributed by atoms with Crippen LogP contribution in [0.15, 0.2) is 35.7 Å². The molecule has 0 spiro atoms. The molecule has 1 aliphatic rings. The Kier molecular flexibility index (Phi) is 4.92. The van der Waals surface area contributed by atoms with E-state index in [2.05, 4.69) is 26.9 Å². The number of hydrogen-bond donors (Lipinski definition) is 1. The minimum absolute atomic E-state index is 0.283. The minimum atomic E-state index is -3.74. The molecule has 0 bridgehead atoms. The molecule has 2 aromatic heterocycles. The Morgan fingerprint density at radius 2 is 1.82 bits per heavy atom. The van der Waals surface area contributed by atoms with Crippen LogP contribution in [0.25, 0.3) is 5.82 Å². The summed E-state index contributed by atoms with van der Waals surface area (Å²) in [6.07, 6.45) is 8.12. The van der Waals surface area contributed by atoms with Crippen LogP contribution in [0.2, 0.25) is 0 Å². The minimum Gasteiger partial charge on any atom is -0.274 e. The van der Waals surface area contributed by atoms with E-state index in [-0.39, 0.29) is 4.90 Å². The van der Waals surface area contributed by atoms with Gasteiger partial charge in [0.25, 0.3) is 10.0 Å². The number of hydrogen-bond acceptors (Lipinski definition) is 5. The lowest BCUT2D eigenvalue weighted by Gasteiger charge is -2.17. The zero-order valence-corrected chi connectivity index (χ0v) is 16.9. The van der Waals surface area contributed by atoms with Crippen molar-refractivity contribution in [2.45, 2.75) is 57.4 Å². The van der Waals surface area contributed by atoms with Gasteiger partial charge in [-0.2, -0.15) is 5.10 Å². The molecular formula is C19H24N6O2S. The molecular weight excluding hydrogens is 376 g/mol. The molecule has 9 heteroatoms. The molecule has 0 saturated carbocycles. The van der Waals surface area contributed by atoms with Crippen molar-refractivity contribution in [1.82, 2.24) is 24.5 Å². The summed E-state index contributed by atoms with van der Waals surface area (Å²) in [4.78, 5) is 0.283. The Hall–Kier alpha value is -2.68. The molecule has 0 radical (unpaired) electrons. The third-order valence-electron chi connectivity index (χ3n) is 5.15. The van der Waals surface area contributed by atoms with Crippen LogP contribution in [0.1, 0.15) is 43.0 Å². The molecule has 0 saturated heterocycles. The lowest BCUT2D eigenvalue weighted by molar-refractivity contribution is 0.583. The second-order valence-corrected chi connectivity index (χ2v) is 8.80. The number of aromatic nitrogens is 5. The van der Waals surface area contributed by atoms with Gasteiger partial charge in [0, 0.05) is 6.54 Å². The van der Waals surface area contributed by atoms with Gasteiger partial charge in [0.1, 0.15) is 18.3 Å². The van der Waals surface area contributed by atoms with Gasteiger partial charge in [-0.3, -0.25) is 14.0 Å². The number of nitrogens with one attached hydrogen (secondary N) is 1. The number of benzene rings is 1. The summed E-state index contributed by atoms with van der Waals surface area (Å²) < 4.78 is 32.5. The molecule has 0 atom stereocenters. The number of aryl methyl sites for hydroxylation is 3. The van der Waals surface area contributed by atoms with Crippen molar-refractivity contribution in [2.75, 3.05) is 4.72 Å². The molecule has 4 rings (SSSR count). The number of anilines is 1. The average molecular weight is 401 g/mol. The van der Waals surface area contributed by atoms with Gasteiger partial charge in [0.2, 0.25) is 0 Å². The Bertz CT molecular complexity index is 1090. The highest BCUT2D eigenvalue weighted by atomic mass is 32.2. The number of fused-ring (bicyclic) bond motifs is 1. The van der Waals surface area contributed by atoms with Gasteiger partial charge in [-0.15, -0.1) is 10.2 Å². The predicted octanol–water partition coefficient (Wildman–Crippen LogP) is 2.86. The van der Waals surface area contributed by atoms with Crippen LogP contribution in [-0.4, -0.2) is 33.0 Å². The highest BCUT2D eigenvalue weighted by Crippen LogP contribution is 2.29. The Labute approximate surface area is 164 Å². The van der Waals surface area contributed by atoms with Gasteiger partial charge in [-0.05, 0) is 62.3 Å². The van der Waals surface area contributed by atoms with Crippen LogP contribution in [0.3, 0.4) is 0 Å². The smallest absolute Gasteiger partial charge is 0.262 e. The van der Waals surface area contributed by atoms with E-state index in [0.29, 0.717) is 18.1 Å². The maximum absolute atomic E-state index is 13.1. The van der Waals surface area contributed by atoms with Gasteiger partial charge in [0.15, 0.2) is 5.82 Å². The van der Waals surface area contributed by atoms with E-state index < -0.39 is 10.0 Å². The van der Waals surface area contributed by atoms with Crippen molar-refractivity contribution in [3.05, 3.63) is 47.7 Å². The van der Waals surface area contributed by atoms with E-state index in [0.717, 1.165) is 43.4 Å². The standard InChI is InChI=1S/C19H24N6O2S/c1-3-10-25-14(2)18(19(22-25)24-12-20-21-13-24)23-28(26,27)17-9-8-15-6-4-5-7-16(15)11-17/h8-9,11-13,23H,3-7,10H2,1-2H3. The zero-order chi connectivity index (χ0) is 19.7. The lowest BCUT2D eigenvalue weighted by Crippen LogP contribution is -2.16. The van der Waals surface area contributed by atoms with Crippen LogP contribution in [0.5, 0.6) is 0 Å². The maximum atomic E-state index is 13.1. The summed E-state index contributed by atoms with van der Waals surface area (Å²) in [5.41, 5.74) is 3.59. The Balaban J connectivity index is 1.73. The first kappa shape index (κ1) is 18.7. The SMILES string of the molecule is CCCn1nc(-n2cnnc2)c(NS(=O)(=O)c2ccc3c(c2)CCCC3)c1C. The fraction of sp³-hybridized carbons (Fsp3) is 0.421. The molecule has 1 aromatic carbocycles. The monoisotopic (exact) mass is 400 g/mol. The summed E-state index contributed by atoms with van der Waals surface area (Å²) in [6.45, 7) is 4.61. The lowest BCUT2D eigenvalue weighted by atomic mass is 9.92. The first-order chi connectivity index (χ1) is 13.5. The molecule has 0 unspecified atom stereocenters. The molecule has 8 nitrogen and oxygen atoms in total. The third-order valence-corrected chi connectivity index (χ3v) is 6.50. The second kappa shape index (κ2) is 7.38. The quantitative estimate of drug-likeness (QED) is 0.686. The van der Waals surface area contributed by atoms with E-state index in [1.54, 1.807) is 21.4 Å². The summed E-state index contributed by atoms with van der Waals surface area (Å²) in [5, 5.41) is 12.2. The molecule has 0 amide bonds. The van der Waals surface area contributed by atoms with Crippen molar-refractivity contribution < 1.29 is 8.42 Å². The van der Waals surface area contributed by atoms with Crippen LogP contribution in [-0.2, 0) is 29.4 Å². The fourth-order valence-electron chi connectivity index (χ4n) is 3.64. The highest BCUT2D eigenvalue weighted by molar-refractivity contribution is 7.92. The van der Waals surface area contributed by atoms with Crippen molar-refractivity contribution in [1.29, 1.82) is 0 Å². The molecule has 1 aliphatic carbocycles. The zero-order valence-electron chi connectivity index (χ0n) is 16.1. The molecule has 0 aliphatic heterocycles. The number of sulfonamides is 1. The highest BCUT2D eigenvalue weighted by Gasteiger charge is 2.24. The molecule has 2 heterocycles. The van der Waals surface area contributed by atoms with Crippen molar-refractivity contribution >= 4 is 15.7 Å². The van der Waals surface area contributed by atoms with Gasteiger partial charge < -0.3 is 0 Å². The maximum Gasteiger partial charge on any atom is 0.262 e. The van der Waals surface area contributed by atoms with E-state index in [4.69, 9.17) is 0 Å². The topological polar surface area (TPSA) is 94.7 Å². The summed E-state index contributed by atoms with van der Waals surface area (Å²) in [7, 11) is -3.74. The largest absolute Gasteiger partial charge is 0.274 e. The molecule has 1 N–H and O–H groups in total. The molecule has 3 aromatic rings. The number of nitrogens with zero attached hydrogens (tertiary/aromatic N) is 5. The van der Waals surface area contributed by atoms with Crippen LogP contribution >= 0.6 is 0 Å². The average Bonchev–Trinajstić information content (AvgIpc) is 3.32. The fourth-order valence-corrected chi connectivity index (χ4v) is 4.81. The predicted molar refractivity (Wildman–Crippen MR) is 106 cm³/mol. The summed E-state index contributed by atoms with van der Waals surface area (Å²) in [6, 6.07) is 5.44. The third kappa shape index (κ3) is 3.42. The summed E-state index contributed by atoms with van der Waals surface area (Å²) >= 11 is 0. The Morgan fingerprint density at radius 3 is 2.54 bits per heavy atom. The Morgan fingerprint density at radius 1 is 1.11 bits per heavy atom. The summed E-state index contributed by atoms with van der Waals surface area (Å²) in [5.74, 6) is 0.470. The van der Waals surface area contributed by atoms with E-state index in [1.165, 1.54) is 18.2 Å². The van der Waals surface area contributed by atoms with Crippen LogP contribution in [0, 0.1) is 6.92 Å². The van der Waals surface area contributed by atoms with Gasteiger partial charge >= 0.3 is 0 Å².